The van der Waals surface area contributed by atoms with E-state index >= 15 is 0 Å². The molecule has 176 valence electrons. The molecule has 0 bridgehead atoms. The van der Waals surface area contributed by atoms with Crippen molar-refractivity contribution >= 4 is 23.3 Å². The third kappa shape index (κ3) is 2.71. The average molecular weight is 478 g/mol. The Labute approximate surface area is 206 Å². The number of cyclic esters (lactones) is 1. The van der Waals surface area contributed by atoms with Gasteiger partial charge in [0.2, 0.25) is 5.91 Å². The van der Waals surface area contributed by atoms with Gasteiger partial charge in [0.15, 0.2) is 0 Å². The SMILES string of the molecule is N#CC1=C(N)N(c2ccccc2)C2=C(C(=O)OC2)C12C(=O)N(Cc1ccccc1F)c1ccccc12. The molecule has 3 aromatic rings. The van der Waals surface area contributed by atoms with Crippen molar-refractivity contribution in [2.75, 3.05) is 16.4 Å². The standard InChI is InChI=1S/C28H19FN4O3/c29-21-12-6-4-8-17(21)15-32-22-13-7-5-11-19(22)28(27(32)35)20(14-30)25(31)33(18-9-2-1-3-10-18)23-16-36-26(34)24(23)28/h1-13H,15-16,31H2. The van der Waals surface area contributed by atoms with E-state index in [1.54, 1.807) is 59.5 Å². The number of benzene rings is 3. The summed E-state index contributed by atoms with van der Waals surface area (Å²) >= 11 is 0. The van der Waals surface area contributed by atoms with Gasteiger partial charge < -0.3 is 15.4 Å². The highest BCUT2D eigenvalue weighted by Gasteiger charge is 2.63. The maximum atomic E-state index is 14.6. The maximum absolute atomic E-state index is 14.6. The van der Waals surface area contributed by atoms with Crippen LogP contribution in [0.15, 0.2) is 102 Å². The molecule has 0 saturated carbocycles. The summed E-state index contributed by atoms with van der Waals surface area (Å²) in [6.07, 6.45) is 0. The molecule has 1 amide bonds. The normalized spacial score (nSPS) is 20.6. The van der Waals surface area contributed by atoms with Crippen LogP contribution in [0.3, 0.4) is 0 Å². The first-order chi connectivity index (χ1) is 17.5. The Kier molecular flexibility index (Phi) is 4.70. The second-order valence-electron chi connectivity index (χ2n) is 8.69. The zero-order valence-electron chi connectivity index (χ0n) is 18.9. The fourth-order valence-corrected chi connectivity index (χ4v) is 5.42. The van der Waals surface area contributed by atoms with Gasteiger partial charge in [-0.3, -0.25) is 9.69 Å². The van der Waals surface area contributed by atoms with E-state index in [0.29, 0.717) is 28.2 Å². The highest BCUT2D eigenvalue weighted by Crippen LogP contribution is 2.56. The lowest BCUT2D eigenvalue weighted by Crippen LogP contribution is -2.50. The molecule has 0 aliphatic carbocycles. The Morgan fingerprint density at radius 2 is 1.69 bits per heavy atom. The van der Waals surface area contributed by atoms with Crippen molar-refractivity contribution in [3.8, 4) is 6.07 Å². The lowest BCUT2D eigenvalue weighted by atomic mass is 9.67. The first-order valence-corrected chi connectivity index (χ1v) is 11.3. The number of rotatable bonds is 3. The lowest BCUT2D eigenvalue weighted by Gasteiger charge is -2.38. The molecular weight excluding hydrogens is 459 g/mol. The number of hydrogen-bond donors (Lipinski definition) is 1. The van der Waals surface area contributed by atoms with Crippen LogP contribution in [0.5, 0.6) is 0 Å². The number of carbonyl (C=O) groups excluding carboxylic acids is 2. The van der Waals surface area contributed by atoms with Crippen LogP contribution < -0.4 is 15.5 Å². The third-order valence-corrected chi connectivity index (χ3v) is 6.93. The van der Waals surface area contributed by atoms with Crippen LogP contribution in [0.2, 0.25) is 0 Å². The largest absolute Gasteiger partial charge is 0.456 e. The summed E-state index contributed by atoms with van der Waals surface area (Å²) in [7, 11) is 0. The molecular formula is C28H19FN4O3. The van der Waals surface area contributed by atoms with Gasteiger partial charge in [0.25, 0.3) is 0 Å². The minimum atomic E-state index is -1.80. The summed E-state index contributed by atoms with van der Waals surface area (Å²) in [6.45, 7) is -0.185. The molecule has 1 spiro atoms. The van der Waals surface area contributed by atoms with Crippen LogP contribution in [0.4, 0.5) is 15.8 Å². The van der Waals surface area contributed by atoms with Gasteiger partial charge >= 0.3 is 5.97 Å². The predicted octanol–water partition coefficient (Wildman–Crippen LogP) is 3.64. The van der Waals surface area contributed by atoms with Crippen LogP contribution in [-0.4, -0.2) is 18.5 Å². The highest BCUT2D eigenvalue weighted by molar-refractivity contribution is 6.19. The number of esters is 1. The lowest BCUT2D eigenvalue weighted by molar-refractivity contribution is -0.137. The number of nitriles is 1. The van der Waals surface area contributed by atoms with Gasteiger partial charge in [-0.25, -0.2) is 9.18 Å². The summed E-state index contributed by atoms with van der Waals surface area (Å²) in [6, 6.07) is 24.3. The fraction of sp³-hybridized carbons (Fsp3) is 0.107. The summed E-state index contributed by atoms with van der Waals surface area (Å²) in [5.74, 6) is -1.66. The second-order valence-corrected chi connectivity index (χ2v) is 8.69. The molecule has 3 aliphatic rings. The second kappa shape index (κ2) is 7.82. The van der Waals surface area contributed by atoms with Gasteiger partial charge in [0, 0.05) is 22.5 Å². The summed E-state index contributed by atoms with van der Waals surface area (Å²) in [4.78, 5) is 30.7. The highest BCUT2D eigenvalue weighted by atomic mass is 19.1. The van der Waals surface area contributed by atoms with Crippen molar-refractivity contribution in [3.63, 3.8) is 0 Å². The molecule has 0 saturated heterocycles. The van der Waals surface area contributed by atoms with E-state index in [1.807, 2.05) is 18.2 Å². The van der Waals surface area contributed by atoms with Crippen LogP contribution in [0.1, 0.15) is 11.1 Å². The van der Waals surface area contributed by atoms with E-state index in [9.17, 15) is 19.2 Å². The average Bonchev–Trinajstić information content (AvgIpc) is 3.38. The molecule has 3 aromatic carbocycles. The minimum Gasteiger partial charge on any atom is -0.456 e. The Bertz CT molecular complexity index is 1560. The first-order valence-electron chi connectivity index (χ1n) is 11.3. The number of halogens is 1. The van der Waals surface area contributed by atoms with Gasteiger partial charge in [-0.15, -0.1) is 0 Å². The number of ether oxygens (including phenoxy) is 1. The number of anilines is 2. The van der Waals surface area contributed by atoms with Gasteiger partial charge in [-0.05, 0) is 24.3 Å². The number of carbonyl (C=O) groups is 2. The Balaban J connectivity index is 1.62. The van der Waals surface area contributed by atoms with Crippen LogP contribution in [-0.2, 0) is 26.3 Å². The van der Waals surface area contributed by atoms with Gasteiger partial charge in [-0.1, -0.05) is 54.6 Å². The molecule has 8 heteroatoms. The number of amides is 1. The molecule has 3 aliphatic heterocycles. The number of para-hydroxylation sites is 2. The number of nitrogens with zero attached hydrogens (tertiary/aromatic N) is 3. The molecule has 3 heterocycles. The molecule has 2 N–H and O–H groups in total. The van der Waals surface area contributed by atoms with Crippen LogP contribution in [0, 0.1) is 17.1 Å². The molecule has 7 nitrogen and oxygen atoms in total. The zero-order chi connectivity index (χ0) is 25.0. The van der Waals surface area contributed by atoms with Gasteiger partial charge in [0.05, 0.1) is 23.4 Å². The summed E-state index contributed by atoms with van der Waals surface area (Å²) in [5, 5.41) is 10.4. The fourth-order valence-electron chi connectivity index (χ4n) is 5.42. The molecule has 0 aromatic heterocycles. The van der Waals surface area contributed by atoms with Crippen LogP contribution >= 0.6 is 0 Å². The molecule has 1 unspecified atom stereocenters. The quantitative estimate of drug-likeness (QED) is 0.577. The van der Waals surface area contributed by atoms with Crippen molar-refractivity contribution in [1.82, 2.24) is 0 Å². The van der Waals surface area contributed by atoms with E-state index in [-0.39, 0.29) is 30.1 Å². The molecule has 1 atom stereocenters. The van der Waals surface area contributed by atoms with Gasteiger partial charge in [-0.2, -0.15) is 5.26 Å². The monoisotopic (exact) mass is 478 g/mol. The van der Waals surface area contributed by atoms with Crippen LogP contribution in [0.25, 0.3) is 0 Å². The van der Waals surface area contributed by atoms with Crippen molar-refractivity contribution in [2.45, 2.75) is 12.0 Å². The number of hydrogen-bond acceptors (Lipinski definition) is 6. The van der Waals surface area contributed by atoms with Crippen molar-refractivity contribution < 1.29 is 18.7 Å². The Hall–Kier alpha value is -4.90. The minimum absolute atomic E-state index is 0.0386. The van der Waals surface area contributed by atoms with E-state index in [1.165, 1.54) is 11.0 Å². The van der Waals surface area contributed by atoms with E-state index in [2.05, 4.69) is 6.07 Å². The third-order valence-electron chi connectivity index (χ3n) is 6.93. The van der Waals surface area contributed by atoms with Gasteiger partial charge in [0.1, 0.15) is 29.7 Å². The van der Waals surface area contributed by atoms with Crippen molar-refractivity contribution in [2.24, 2.45) is 5.73 Å². The molecule has 0 fully saturated rings. The van der Waals surface area contributed by atoms with Crippen molar-refractivity contribution in [3.05, 3.63) is 118 Å². The molecule has 0 radical (unpaired) electrons. The number of nitrogens with two attached hydrogens (primary N) is 1. The number of fused-ring (bicyclic) bond motifs is 3. The van der Waals surface area contributed by atoms with E-state index in [4.69, 9.17) is 10.5 Å². The smallest absolute Gasteiger partial charge is 0.338 e. The maximum Gasteiger partial charge on any atom is 0.338 e. The zero-order valence-corrected chi connectivity index (χ0v) is 18.9. The van der Waals surface area contributed by atoms with E-state index in [0.717, 1.165) is 0 Å². The summed E-state index contributed by atoms with van der Waals surface area (Å²) in [5.41, 5.74) is 7.05. The van der Waals surface area contributed by atoms with E-state index < -0.39 is 23.1 Å². The predicted molar refractivity (Wildman–Crippen MR) is 129 cm³/mol. The Morgan fingerprint density at radius 1 is 1.00 bits per heavy atom. The molecule has 6 rings (SSSR count). The Morgan fingerprint density at radius 3 is 2.44 bits per heavy atom. The molecule has 36 heavy (non-hydrogen) atoms. The topological polar surface area (TPSA) is 99.7 Å². The van der Waals surface area contributed by atoms with Crippen molar-refractivity contribution in [1.29, 1.82) is 5.26 Å². The first kappa shape index (κ1) is 21.6. The summed E-state index contributed by atoms with van der Waals surface area (Å²) < 4.78 is 20.0.